The van der Waals surface area contributed by atoms with Gasteiger partial charge in [0.05, 0.1) is 6.61 Å². The number of ether oxygens (including phenoxy) is 2. The molecule has 1 heterocycles. The molecule has 1 atom stereocenters. The zero-order chi connectivity index (χ0) is 12.8. The fourth-order valence-corrected chi connectivity index (χ4v) is 1.63. The summed E-state index contributed by atoms with van der Waals surface area (Å²) in [5.41, 5.74) is 0. The van der Waals surface area contributed by atoms with Crippen LogP contribution in [0.15, 0.2) is 10.7 Å². The molecule has 0 aliphatic carbocycles. The van der Waals surface area contributed by atoms with Gasteiger partial charge in [-0.2, -0.15) is 4.98 Å². The van der Waals surface area contributed by atoms with E-state index in [2.05, 4.69) is 39.7 Å². The van der Waals surface area contributed by atoms with E-state index < -0.39 is 0 Å². The number of aromatic nitrogens is 2. The lowest BCUT2D eigenvalue weighted by Gasteiger charge is -2.15. The Kier molecular flexibility index (Phi) is 5.85. The second-order valence-electron chi connectivity index (χ2n) is 4.13. The monoisotopic (exact) mass is 302 g/mol. The summed E-state index contributed by atoms with van der Waals surface area (Å²) in [6.45, 7) is 9.28. The Labute approximate surface area is 111 Å². The average Bonchev–Trinajstić information content (AvgIpc) is 2.25. The van der Waals surface area contributed by atoms with Crippen molar-refractivity contribution in [3.63, 3.8) is 0 Å². The molecule has 0 fully saturated rings. The van der Waals surface area contributed by atoms with Crippen molar-refractivity contribution in [2.75, 3.05) is 13.2 Å². The number of nitrogens with zero attached hydrogens (tertiary/aromatic N) is 2. The van der Waals surface area contributed by atoms with Gasteiger partial charge in [0.1, 0.15) is 16.5 Å². The van der Waals surface area contributed by atoms with E-state index in [1.165, 1.54) is 0 Å². The Morgan fingerprint density at radius 2 is 2.00 bits per heavy atom. The molecule has 1 rings (SSSR count). The van der Waals surface area contributed by atoms with Gasteiger partial charge >= 0.3 is 0 Å². The highest BCUT2D eigenvalue weighted by Crippen LogP contribution is 2.19. The predicted molar refractivity (Wildman–Crippen MR) is 70.4 cm³/mol. The third-order valence-electron chi connectivity index (χ3n) is 2.08. The summed E-state index contributed by atoms with van der Waals surface area (Å²) in [5.74, 6) is 1.64. The van der Waals surface area contributed by atoms with Gasteiger partial charge in [0, 0.05) is 18.6 Å². The first-order valence-electron chi connectivity index (χ1n) is 5.81. The summed E-state index contributed by atoms with van der Waals surface area (Å²) >= 11 is 3.36. The fraction of sp³-hybridized carbons (Fsp3) is 0.667. The zero-order valence-corrected chi connectivity index (χ0v) is 12.3. The molecule has 0 spiro atoms. The highest BCUT2D eigenvalue weighted by Gasteiger charge is 2.10. The Bertz CT molecular complexity index is 358. The van der Waals surface area contributed by atoms with E-state index in [0.717, 1.165) is 10.4 Å². The van der Waals surface area contributed by atoms with E-state index >= 15 is 0 Å². The van der Waals surface area contributed by atoms with Crippen molar-refractivity contribution < 1.29 is 9.47 Å². The molecule has 0 saturated heterocycles. The first-order chi connectivity index (χ1) is 8.02. The molecule has 5 heteroatoms. The lowest BCUT2D eigenvalue weighted by molar-refractivity contribution is 0.0631. The van der Waals surface area contributed by atoms with Gasteiger partial charge in [-0.25, -0.2) is 4.98 Å². The van der Waals surface area contributed by atoms with Gasteiger partial charge in [-0.05, 0) is 29.8 Å². The van der Waals surface area contributed by atoms with Crippen LogP contribution in [0.25, 0.3) is 0 Å². The fourth-order valence-electron chi connectivity index (χ4n) is 1.26. The van der Waals surface area contributed by atoms with Crippen molar-refractivity contribution in [3.8, 4) is 5.88 Å². The molecule has 0 radical (unpaired) electrons. The summed E-state index contributed by atoms with van der Waals surface area (Å²) < 4.78 is 11.7. The van der Waals surface area contributed by atoms with Crippen LogP contribution in [0, 0.1) is 0 Å². The smallest absolute Gasteiger partial charge is 0.218 e. The van der Waals surface area contributed by atoms with Crippen molar-refractivity contribution in [1.29, 1.82) is 0 Å². The second kappa shape index (κ2) is 6.91. The van der Waals surface area contributed by atoms with E-state index in [-0.39, 0.29) is 12.0 Å². The van der Waals surface area contributed by atoms with Crippen molar-refractivity contribution in [2.24, 2.45) is 0 Å². The van der Waals surface area contributed by atoms with E-state index in [0.29, 0.717) is 19.1 Å². The Morgan fingerprint density at radius 1 is 1.29 bits per heavy atom. The van der Waals surface area contributed by atoms with Gasteiger partial charge in [0.2, 0.25) is 5.88 Å². The lowest BCUT2D eigenvalue weighted by atomic mass is 10.2. The minimum Gasteiger partial charge on any atom is -0.472 e. The molecule has 4 nitrogen and oxygen atoms in total. The lowest BCUT2D eigenvalue weighted by Crippen LogP contribution is -2.20. The summed E-state index contributed by atoms with van der Waals surface area (Å²) in [5, 5.41) is 0. The molecule has 0 aromatic carbocycles. The van der Waals surface area contributed by atoms with Crippen LogP contribution in [0.3, 0.4) is 0 Å². The molecular formula is C12H19BrN2O2. The molecule has 1 aromatic rings. The third-order valence-corrected chi connectivity index (χ3v) is 2.49. The van der Waals surface area contributed by atoms with Gasteiger partial charge in [0.15, 0.2) is 0 Å². The molecule has 0 N–H and O–H groups in total. The van der Waals surface area contributed by atoms with Crippen LogP contribution >= 0.6 is 15.9 Å². The molecule has 0 saturated carbocycles. The van der Waals surface area contributed by atoms with E-state index in [1.54, 1.807) is 6.07 Å². The van der Waals surface area contributed by atoms with Crippen LogP contribution in [0.5, 0.6) is 5.88 Å². The number of rotatable bonds is 6. The summed E-state index contributed by atoms with van der Waals surface area (Å²) in [7, 11) is 0. The molecule has 1 aromatic heterocycles. The second-order valence-corrected chi connectivity index (χ2v) is 4.94. The van der Waals surface area contributed by atoms with Crippen molar-refractivity contribution in [1.82, 2.24) is 9.97 Å². The van der Waals surface area contributed by atoms with Gasteiger partial charge in [0.25, 0.3) is 0 Å². The normalized spacial score (nSPS) is 12.8. The molecule has 0 bridgehead atoms. The Balaban J connectivity index is 2.70. The predicted octanol–water partition coefficient (Wildman–Crippen LogP) is 3.17. The van der Waals surface area contributed by atoms with Crippen LogP contribution in [-0.4, -0.2) is 29.3 Å². The summed E-state index contributed by atoms with van der Waals surface area (Å²) in [6, 6.07) is 1.77. The number of hydrogen-bond acceptors (Lipinski definition) is 4. The molecular weight excluding hydrogens is 284 g/mol. The van der Waals surface area contributed by atoms with Crippen LogP contribution in [0.4, 0.5) is 0 Å². The van der Waals surface area contributed by atoms with Crippen LogP contribution in [-0.2, 0) is 4.74 Å². The Morgan fingerprint density at radius 3 is 2.59 bits per heavy atom. The minimum atomic E-state index is -0.0169. The summed E-state index contributed by atoms with van der Waals surface area (Å²) in [6.07, 6.45) is -0.0169. The maximum atomic E-state index is 5.68. The molecule has 17 heavy (non-hydrogen) atoms. The van der Waals surface area contributed by atoms with E-state index in [4.69, 9.17) is 9.47 Å². The Hall–Kier alpha value is -0.680. The standard InChI is InChI=1S/C12H19BrN2O2/c1-5-16-7-9(4)17-11-6-10(13)14-12(15-11)8(2)3/h6,8-9H,5,7H2,1-4H3. The van der Waals surface area contributed by atoms with E-state index in [9.17, 15) is 0 Å². The van der Waals surface area contributed by atoms with Crippen LogP contribution in [0.1, 0.15) is 39.4 Å². The largest absolute Gasteiger partial charge is 0.472 e. The molecule has 96 valence electrons. The first kappa shape index (κ1) is 14.4. The minimum absolute atomic E-state index is 0.0169. The van der Waals surface area contributed by atoms with Crippen LogP contribution in [0.2, 0.25) is 0 Å². The quantitative estimate of drug-likeness (QED) is 0.757. The average molecular weight is 303 g/mol. The third kappa shape index (κ3) is 5.00. The van der Waals surface area contributed by atoms with Gasteiger partial charge in [-0.1, -0.05) is 13.8 Å². The van der Waals surface area contributed by atoms with Crippen molar-refractivity contribution >= 4 is 15.9 Å². The van der Waals surface area contributed by atoms with Gasteiger partial charge < -0.3 is 9.47 Å². The zero-order valence-electron chi connectivity index (χ0n) is 10.7. The molecule has 0 aliphatic heterocycles. The highest BCUT2D eigenvalue weighted by molar-refractivity contribution is 9.10. The molecule has 0 aliphatic rings. The first-order valence-corrected chi connectivity index (χ1v) is 6.61. The van der Waals surface area contributed by atoms with Crippen molar-refractivity contribution in [2.45, 2.75) is 39.7 Å². The van der Waals surface area contributed by atoms with Crippen LogP contribution < -0.4 is 4.74 Å². The van der Waals surface area contributed by atoms with Gasteiger partial charge in [-0.3, -0.25) is 0 Å². The highest BCUT2D eigenvalue weighted by atomic mass is 79.9. The van der Waals surface area contributed by atoms with Gasteiger partial charge in [-0.15, -0.1) is 0 Å². The summed E-state index contributed by atoms with van der Waals surface area (Å²) in [4.78, 5) is 8.66. The maximum absolute atomic E-state index is 5.68. The maximum Gasteiger partial charge on any atom is 0.218 e. The molecule has 0 amide bonds. The number of halogens is 1. The SMILES string of the molecule is CCOCC(C)Oc1cc(Br)nc(C(C)C)n1. The molecule has 1 unspecified atom stereocenters. The number of hydrogen-bond donors (Lipinski definition) is 0. The topological polar surface area (TPSA) is 44.2 Å². The van der Waals surface area contributed by atoms with Crippen molar-refractivity contribution in [3.05, 3.63) is 16.5 Å². The van der Waals surface area contributed by atoms with E-state index in [1.807, 2.05) is 13.8 Å².